The van der Waals surface area contributed by atoms with E-state index in [1.54, 1.807) is 0 Å². The highest BCUT2D eigenvalue weighted by atomic mass is 16.5. The molecule has 0 aliphatic carbocycles. The number of aromatic nitrogens is 1. The maximum absolute atomic E-state index is 11.2. The number of nitrogens with one attached hydrogen (secondary N) is 1. The number of esters is 1. The van der Waals surface area contributed by atoms with Crippen LogP contribution in [0.4, 0.5) is 0 Å². The molecule has 4 heteroatoms. The maximum atomic E-state index is 11.2. The van der Waals surface area contributed by atoms with E-state index < -0.39 is 6.04 Å². The number of rotatable bonds is 3. The third-order valence-electron chi connectivity index (χ3n) is 2.58. The van der Waals surface area contributed by atoms with Crippen LogP contribution in [0.2, 0.25) is 0 Å². The molecule has 1 heterocycles. The van der Waals surface area contributed by atoms with Crippen molar-refractivity contribution in [1.82, 2.24) is 4.98 Å². The van der Waals surface area contributed by atoms with Crippen molar-refractivity contribution in [2.75, 3.05) is 7.11 Å². The molecule has 0 bridgehead atoms. The Balaban J connectivity index is 0.000000771. The standard InChI is InChI=1S/C12H14N2O2.C2H6/c1-16-12(15)10(13)7-8-2-3-11-9(6-8)4-5-14-11;1-2/h2-6,10,14H,7,13H2,1H3;1-2H3/t10-;/m0./s1. The molecule has 3 N–H and O–H groups in total. The molecule has 98 valence electrons. The second kappa shape index (κ2) is 6.81. The number of carbonyl (C=O) groups excluding carboxylic acids is 1. The average molecular weight is 248 g/mol. The number of hydrogen-bond donors (Lipinski definition) is 2. The van der Waals surface area contributed by atoms with Crippen LogP contribution in [-0.4, -0.2) is 24.1 Å². The van der Waals surface area contributed by atoms with Crippen LogP contribution in [0, 0.1) is 0 Å². The minimum Gasteiger partial charge on any atom is -0.468 e. The third-order valence-corrected chi connectivity index (χ3v) is 2.58. The second-order valence-electron chi connectivity index (χ2n) is 3.73. The summed E-state index contributed by atoms with van der Waals surface area (Å²) in [5.41, 5.74) is 7.81. The van der Waals surface area contributed by atoms with Crippen molar-refractivity contribution in [3.8, 4) is 0 Å². The molecule has 2 aromatic rings. The lowest BCUT2D eigenvalue weighted by Gasteiger charge is -2.08. The normalized spacial score (nSPS) is 11.6. The topological polar surface area (TPSA) is 68.1 Å². The van der Waals surface area contributed by atoms with E-state index in [1.807, 2.05) is 44.3 Å². The van der Waals surface area contributed by atoms with Crippen LogP contribution in [0.5, 0.6) is 0 Å². The molecule has 1 atom stereocenters. The van der Waals surface area contributed by atoms with E-state index in [1.165, 1.54) is 7.11 Å². The van der Waals surface area contributed by atoms with E-state index in [0.717, 1.165) is 16.5 Å². The molecule has 0 unspecified atom stereocenters. The molecular formula is C14H20N2O2. The zero-order valence-electron chi connectivity index (χ0n) is 11.1. The van der Waals surface area contributed by atoms with Crippen molar-refractivity contribution in [1.29, 1.82) is 0 Å². The van der Waals surface area contributed by atoms with Crippen LogP contribution in [0.15, 0.2) is 30.5 Å². The highest BCUT2D eigenvalue weighted by molar-refractivity contribution is 5.80. The lowest BCUT2D eigenvalue weighted by Crippen LogP contribution is -2.33. The molecule has 4 nitrogen and oxygen atoms in total. The fraction of sp³-hybridized carbons (Fsp3) is 0.357. The number of methoxy groups -OCH3 is 1. The van der Waals surface area contributed by atoms with Gasteiger partial charge in [0.25, 0.3) is 0 Å². The second-order valence-corrected chi connectivity index (χ2v) is 3.73. The summed E-state index contributed by atoms with van der Waals surface area (Å²) >= 11 is 0. The van der Waals surface area contributed by atoms with Gasteiger partial charge in [-0.05, 0) is 35.6 Å². The van der Waals surface area contributed by atoms with Gasteiger partial charge in [0.1, 0.15) is 6.04 Å². The van der Waals surface area contributed by atoms with Gasteiger partial charge in [-0.25, -0.2) is 0 Å². The highest BCUT2D eigenvalue weighted by Gasteiger charge is 2.14. The van der Waals surface area contributed by atoms with Crippen molar-refractivity contribution >= 4 is 16.9 Å². The zero-order valence-corrected chi connectivity index (χ0v) is 11.1. The summed E-state index contributed by atoms with van der Waals surface area (Å²) in [5, 5.41) is 1.12. The first-order valence-corrected chi connectivity index (χ1v) is 6.10. The Labute approximate surface area is 107 Å². The fourth-order valence-corrected chi connectivity index (χ4v) is 1.72. The lowest BCUT2D eigenvalue weighted by molar-refractivity contribution is -0.142. The molecule has 0 aliphatic rings. The van der Waals surface area contributed by atoms with E-state index >= 15 is 0 Å². The SMILES string of the molecule is CC.COC(=O)[C@@H](N)Cc1ccc2[nH]ccc2c1. The molecule has 0 spiro atoms. The van der Waals surface area contributed by atoms with Gasteiger partial charge in [0, 0.05) is 11.7 Å². The van der Waals surface area contributed by atoms with Gasteiger partial charge in [-0.3, -0.25) is 4.79 Å². The van der Waals surface area contributed by atoms with Crippen molar-refractivity contribution in [3.63, 3.8) is 0 Å². The van der Waals surface area contributed by atoms with Gasteiger partial charge in [-0.1, -0.05) is 19.9 Å². The minimum atomic E-state index is -0.596. The van der Waals surface area contributed by atoms with Crippen LogP contribution in [0.3, 0.4) is 0 Å². The molecule has 0 amide bonds. The number of fused-ring (bicyclic) bond motifs is 1. The molecule has 0 radical (unpaired) electrons. The number of benzene rings is 1. The van der Waals surface area contributed by atoms with Gasteiger partial charge >= 0.3 is 5.97 Å². The minimum absolute atomic E-state index is 0.380. The Hall–Kier alpha value is -1.81. The van der Waals surface area contributed by atoms with Crippen LogP contribution < -0.4 is 5.73 Å². The maximum Gasteiger partial charge on any atom is 0.322 e. The van der Waals surface area contributed by atoms with Crippen molar-refractivity contribution in [3.05, 3.63) is 36.0 Å². The van der Waals surface area contributed by atoms with Gasteiger partial charge < -0.3 is 15.5 Å². The number of nitrogens with two attached hydrogens (primary N) is 1. The number of H-pyrrole nitrogens is 1. The zero-order chi connectivity index (χ0) is 13.5. The molecular weight excluding hydrogens is 228 g/mol. The smallest absolute Gasteiger partial charge is 0.322 e. The fourth-order valence-electron chi connectivity index (χ4n) is 1.72. The average Bonchev–Trinajstić information content (AvgIpc) is 2.87. The van der Waals surface area contributed by atoms with Crippen molar-refractivity contribution in [2.45, 2.75) is 26.3 Å². The molecule has 18 heavy (non-hydrogen) atoms. The summed E-state index contributed by atoms with van der Waals surface area (Å²) < 4.78 is 4.59. The van der Waals surface area contributed by atoms with E-state index in [4.69, 9.17) is 5.73 Å². The van der Waals surface area contributed by atoms with Gasteiger partial charge in [0.2, 0.25) is 0 Å². The molecule has 2 rings (SSSR count). The first-order valence-electron chi connectivity index (χ1n) is 6.10. The quantitative estimate of drug-likeness (QED) is 0.818. The summed E-state index contributed by atoms with van der Waals surface area (Å²) in [4.78, 5) is 14.3. The molecule has 0 saturated heterocycles. The van der Waals surface area contributed by atoms with Gasteiger partial charge in [-0.15, -0.1) is 0 Å². The number of aromatic amines is 1. The largest absolute Gasteiger partial charge is 0.468 e. The predicted molar refractivity (Wildman–Crippen MR) is 73.3 cm³/mol. The first kappa shape index (κ1) is 14.3. The van der Waals surface area contributed by atoms with Crippen LogP contribution in [0.1, 0.15) is 19.4 Å². The summed E-state index contributed by atoms with van der Waals surface area (Å²) in [7, 11) is 1.34. The summed E-state index contributed by atoms with van der Waals surface area (Å²) in [6, 6.07) is 7.36. The Bertz CT molecular complexity index is 505. The monoisotopic (exact) mass is 248 g/mol. The van der Waals surface area contributed by atoms with Gasteiger partial charge in [0.15, 0.2) is 0 Å². The van der Waals surface area contributed by atoms with E-state index in [2.05, 4.69) is 9.72 Å². The number of carbonyl (C=O) groups is 1. The molecule has 1 aromatic carbocycles. The first-order chi connectivity index (χ1) is 8.70. The van der Waals surface area contributed by atoms with Crippen LogP contribution in [-0.2, 0) is 16.0 Å². The molecule has 0 saturated carbocycles. The number of hydrogen-bond acceptors (Lipinski definition) is 3. The van der Waals surface area contributed by atoms with Gasteiger partial charge in [-0.2, -0.15) is 0 Å². The summed E-state index contributed by atoms with van der Waals surface area (Å²) in [6.45, 7) is 4.00. The third kappa shape index (κ3) is 3.34. The van der Waals surface area contributed by atoms with Gasteiger partial charge in [0.05, 0.1) is 7.11 Å². The van der Waals surface area contributed by atoms with Crippen LogP contribution in [0.25, 0.3) is 10.9 Å². The molecule has 1 aromatic heterocycles. The Kier molecular flexibility index (Phi) is 5.39. The summed E-state index contributed by atoms with van der Waals surface area (Å²) in [5.74, 6) is -0.380. The highest BCUT2D eigenvalue weighted by Crippen LogP contribution is 2.15. The predicted octanol–water partition coefficient (Wildman–Crippen LogP) is 2.24. The van der Waals surface area contributed by atoms with E-state index in [0.29, 0.717) is 6.42 Å². The van der Waals surface area contributed by atoms with E-state index in [9.17, 15) is 4.79 Å². The number of ether oxygens (including phenoxy) is 1. The lowest BCUT2D eigenvalue weighted by atomic mass is 10.1. The van der Waals surface area contributed by atoms with Crippen LogP contribution >= 0.6 is 0 Å². The Morgan fingerprint density at radius 3 is 2.78 bits per heavy atom. The summed E-state index contributed by atoms with van der Waals surface area (Å²) in [6.07, 6.45) is 2.38. The van der Waals surface area contributed by atoms with E-state index in [-0.39, 0.29) is 5.97 Å². The Morgan fingerprint density at radius 2 is 2.11 bits per heavy atom. The van der Waals surface area contributed by atoms with Crippen molar-refractivity contribution < 1.29 is 9.53 Å². The van der Waals surface area contributed by atoms with Crippen molar-refractivity contribution in [2.24, 2.45) is 5.73 Å². The molecule has 0 fully saturated rings. The Morgan fingerprint density at radius 1 is 1.39 bits per heavy atom. The molecule has 0 aliphatic heterocycles.